The second-order valence-corrected chi connectivity index (χ2v) is 5.83. The molecule has 1 aliphatic rings. The Bertz CT molecular complexity index is 293. The minimum Gasteiger partial charge on any atom is -0.481 e. The number of hydrogen-bond acceptors (Lipinski definition) is 3. The van der Waals surface area contributed by atoms with Crippen LogP contribution in [0.5, 0.6) is 0 Å². The maximum absolute atomic E-state index is 11.9. The van der Waals surface area contributed by atoms with Crippen LogP contribution in [0.15, 0.2) is 0 Å². The third-order valence-electron chi connectivity index (χ3n) is 4.20. The molecule has 0 aliphatic heterocycles. The summed E-state index contributed by atoms with van der Waals surface area (Å²) in [5, 5.41) is 8.60. The van der Waals surface area contributed by atoms with Crippen molar-refractivity contribution in [2.75, 3.05) is 13.2 Å². The van der Waals surface area contributed by atoms with Crippen molar-refractivity contribution in [3.63, 3.8) is 0 Å². The van der Waals surface area contributed by atoms with Crippen molar-refractivity contribution < 1.29 is 19.4 Å². The second kappa shape index (κ2) is 9.92. The van der Waals surface area contributed by atoms with Crippen LogP contribution >= 0.6 is 0 Å². The highest BCUT2D eigenvalue weighted by Crippen LogP contribution is 2.32. The molecule has 1 saturated carbocycles. The van der Waals surface area contributed by atoms with Crippen molar-refractivity contribution in [2.24, 2.45) is 11.8 Å². The monoisotopic (exact) mass is 284 g/mol. The molecule has 0 aromatic carbocycles. The maximum Gasteiger partial charge on any atom is 0.303 e. The second-order valence-electron chi connectivity index (χ2n) is 5.83. The molecule has 20 heavy (non-hydrogen) atoms. The van der Waals surface area contributed by atoms with E-state index in [0.717, 1.165) is 51.7 Å². The molecule has 1 N–H and O–H groups in total. The molecule has 0 amide bonds. The molecule has 116 valence electrons. The number of carbonyl (C=O) groups excluding carboxylic acids is 1. The van der Waals surface area contributed by atoms with Gasteiger partial charge in [-0.05, 0) is 44.4 Å². The first-order chi connectivity index (χ1) is 9.63. The number of carboxylic acids is 1. The third-order valence-corrected chi connectivity index (χ3v) is 4.20. The van der Waals surface area contributed by atoms with Gasteiger partial charge in [0.2, 0.25) is 0 Å². The van der Waals surface area contributed by atoms with Crippen LogP contribution in [-0.4, -0.2) is 30.1 Å². The van der Waals surface area contributed by atoms with Gasteiger partial charge in [-0.15, -0.1) is 0 Å². The molecular formula is C16H28O4. The minimum absolute atomic E-state index is 0.0238. The van der Waals surface area contributed by atoms with Crippen molar-refractivity contribution in [3.05, 3.63) is 0 Å². The Balaban J connectivity index is 2.10. The minimum atomic E-state index is -0.878. The molecule has 0 aromatic heterocycles. The maximum atomic E-state index is 11.9. The summed E-state index contributed by atoms with van der Waals surface area (Å²) < 4.78 is 5.58. The molecule has 0 spiro atoms. The fraction of sp³-hybridized carbons (Fsp3) is 0.875. The fourth-order valence-electron chi connectivity index (χ4n) is 2.81. The first-order valence-corrected chi connectivity index (χ1v) is 7.95. The molecular weight excluding hydrogens is 256 g/mol. The van der Waals surface area contributed by atoms with E-state index in [1.807, 2.05) is 0 Å². The topological polar surface area (TPSA) is 63.6 Å². The zero-order chi connectivity index (χ0) is 14.8. The molecule has 0 radical (unpaired) electrons. The lowest BCUT2D eigenvalue weighted by molar-refractivity contribution is -0.139. The number of unbranched alkanes of at least 4 members (excludes halogenated alkanes) is 1. The number of Topliss-reactive ketones (excluding diaryl/α,β-unsaturated/α-hetero) is 1. The van der Waals surface area contributed by atoms with Gasteiger partial charge < -0.3 is 9.84 Å². The van der Waals surface area contributed by atoms with Gasteiger partial charge in [0.05, 0.1) is 6.42 Å². The number of ketones is 1. The molecule has 0 atom stereocenters. The molecule has 4 nitrogen and oxygen atoms in total. The van der Waals surface area contributed by atoms with Gasteiger partial charge in [0.15, 0.2) is 0 Å². The van der Waals surface area contributed by atoms with E-state index in [4.69, 9.17) is 9.84 Å². The number of aliphatic carboxylic acids is 1. The standard InChI is InChI=1S/C16H28O4/c1-2-3-11-20-12-10-13-4-6-14(7-5-13)15(17)8-9-16(18)19/h13-14H,2-12H2,1H3,(H,18,19)/t13-,14-. The van der Waals surface area contributed by atoms with Gasteiger partial charge >= 0.3 is 5.97 Å². The van der Waals surface area contributed by atoms with Crippen LogP contribution in [0.25, 0.3) is 0 Å². The average Bonchev–Trinajstić information content (AvgIpc) is 2.45. The largest absolute Gasteiger partial charge is 0.481 e. The van der Waals surface area contributed by atoms with Gasteiger partial charge in [-0.1, -0.05) is 13.3 Å². The van der Waals surface area contributed by atoms with Gasteiger partial charge in [0.25, 0.3) is 0 Å². The normalized spacial score (nSPS) is 22.6. The summed E-state index contributed by atoms with van der Waals surface area (Å²) in [6, 6.07) is 0. The number of carboxylic acid groups (broad SMARTS) is 1. The summed E-state index contributed by atoms with van der Waals surface area (Å²) in [6.45, 7) is 3.85. The van der Waals surface area contributed by atoms with Crippen LogP contribution in [-0.2, 0) is 14.3 Å². The van der Waals surface area contributed by atoms with E-state index in [1.54, 1.807) is 0 Å². The number of hydrogen-bond donors (Lipinski definition) is 1. The molecule has 0 heterocycles. The Morgan fingerprint density at radius 1 is 1.10 bits per heavy atom. The van der Waals surface area contributed by atoms with Gasteiger partial charge in [-0.2, -0.15) is 0 Å². The van der Waals surface area contributed by atoms with E-state index in [0.29, 0.717) is 5.92 Å². The Morgan fingerprint density at radius 3 is 2.40 bits per heavy atom. The highest BCUT2D eigenvalue weighted by Gasteiger charge is 2.25. The van der Waals surface area contributed by atoms with Crippen LogP contribution in [0.3, 0.4) is 0 Å². The molecule has 1 rings (SSSR count). The predicted molar refractivity (Wildman–Crippen MR) is 77.7 cm³/mol. The SMILES string of the molecule is CCCCOCC[C@H]1CC[C@H](C(=O)CCC(=O)O)CC1. The van der Waals surface area contributed by atoms with Crippen LogP contribution in [0.2, 0.25) is 0 Å². The van der Waals surface area contributed by atoms with Gasteiger partial charge in [-0.3, -0.25) is 9.59 Å². The fourth-order valence-corrected chi connectivity index (χ4v) is 2.81. The first-order valence-electron chi connectivity index (χ1n) is 7.95. The van der Waals surface area contributed by atoms with Gasteiger partial charge in [-0.25, -0.2) is 0 Å². The highest BCUT2D eigenvalue weighted by atomic mass is 16.5. The predicted octanol–water partition coefficient (Wildman–Crippen LogP) is 3.43. The Labute approximate surface area is 121 Å². The quantitative estimate of drug-likeness (QED) is 0.624. The molecule has 4 heteroatoms. The van der Waals surface area contributed by atoms with Gasteiger partial charge in [0, 0.05) is 25.6 Å². The lowest BCUT2D eigenvalue weighted by atomic mass is 9.78. The Morgan fingerprint density at radius 2 is 1.80 bits per heavy atom. The molecule has 0 saturated heterocycles. The summed E-state index contributed by atoms with van der Waals surface area (Å²) in [5.41, 5.74) is 0. The van der Waals surface area contributed by atoms with Crippen LogP contribution in [0, 0.1) is 11.8 Å². The van der Waals surface area contributed by atoms with E-state index < -0.39 is 5.97 Å². The summed E-state index contributed by atoms with van der Waals surface area (Å²) >= 11 is 0. The number of rotatable bonds is 10. The average molecular weight is 284 g/mol. The Kier molecular flexibility index (Phi) is 8.51. The number of ether oxygens (including phenoxy) is 1. The lowest BCUT2D eigenvalue weighted by Crippen LogP contribution is -2.23. The van der Waals surface area contributed by atoms with Crippen molar-refractivity contribution in [1.82, 2.24) is 0 Å². The van der Waals surface area contributed by atoms with Crippen molar-refractivity contribution >= 4 is 11.8 Å². The van der Waals surface area contributed by atoms with Crippen LogP contribution in [0.4, 0.5) is 0 Å². The van der Waals surface area contributed by atoms with E-state index >= 15 is 0 Å². The number of carbonyl (C=O) groups is 2. The lowest BCUT2D eigenvalue weighted by Gasteiger charge is -2.27. The van der Waals surface area contributed by atoms with E-state index in [2.05, 4.69) is 6.92 Å². The summed E-state index contributed by atoms with van der Waals surface area (Å²) in [4.78, 5) is 22.3. The molecule has 0 unspecified atom stereocenters. The van der Waals surface area contributed by atoms with Crippen molar-refractivity contribution in [1.29, 1.82) is 0 Å². The molecule has 0 aromatic rings. The smallest absolute Gasteiger partial charge is 0.303 e. The highest BCUT2D eigenvalue weighted by molar-refractivity contribution is 5.84. The summed E-state index contributed by atoms with van der Waals surface area (Å²) in [5.74, 6) is 0.0491. The van der Waals surface area contributed by atoms with E-state index in [1.165, 1.54) is 6.42 Å². The zero-order valence-corrected chi connectivity index (χ0v) is 12.6. The van der Waals surface area contributed by atoms with Crippen LogP contribution < -0.4 is 0 Å². The Hall–Kier alpha value is -0.900. The van der Waals surface area contributed by atoms with Crippen LogP contribution in [0.1, 0.15) is 64.7 Å². The summed E-state index contributed by atoms with van der Waals surface area (Å²) in [6.07, 6.45) is 7.60. The van der Waals surface area contributed by atoms with Gasteiger partial charge in [0.1, 0.15) is 5.78 Å². The molecule has 1 fully saturated rings. The van der Waals surface area contributed by atoms with Crippen molar-refractivity contribution in [3.8, 4) is 0 Å². The zero-order valence-electron chi connectivity index (χ0n) is 12.6. The molecule has 1 aliphatic carbocycles. The molecule has 0 bridgehead atoms. The summed E-state index contributed by atoms with van der Waals surface area (Å²) in [7, 11) is 0. The van der Waals surface area contributed by atoms with E-state index in [9.17, 15) is 9.59 Å². The van der Waals surface area contributed by atoms with Crippen molar-refractivity contribution in [2.45, 2.75) is 64.7 Å². The first kappa shape index (κ1) is 17.2. The van der Waals surface area contributed by atoms with E-state index in [-0.39, 0.29) is 24.5 Å². The third kappa shape index (κ3) is 7.04.